The predicted octanol–water partition coefficient (Wildman–Crippen LogP) is 2.86. The first-order valence-corrected chi connectivity index (χ1v) is 9.04. The highest BCUT2D eigenvalue weighted by Crippen LogP contribution is 2.31. The average molecular weight is 354 g/mol. The highest BCUT2D eigenvalue weighted by molar-refractivity contribution is 5.90. The predicted molar refractivity (Wildman–Crippen MR) is 101 cm³/mol. The van der Waals surface area contributed by atoms with Crippen molar-refractivity contribution in [3.8, 4) is 0 Å². The first-order chi connectivity index (χ1) is 12.6. The molecule has 6 nitrogen and oxygen atoms in total. The van der Waals surface area contributed by atoms with Crippen LogP contribution in [0.1, 0.15) is 41.4 Å². The van der Waals surface area contributed by atoms with Crippen LogP contribution < -0.4 is 5.48 Å². The summed E-state index contributed by atoms with van der Waals surface area (Å²) in [5, 5.41) is 13.1. The third-order valence-electron chi connectivity index (χ3n) is 4.92. The lowest BCUT2D eigenvalue weighted by Crippen LogP contribution is -2.27. The molecule has 1 fully saturated rings. The van der Waals surface area contributed by atoms with E-state index in [2.05, 4.69) is 39.8 Å². The zero-order valence-electron chi connectivity index (χ0n) is 15.4. The van der Waals surface area contributed by atoms with Crippen molar-refractivity contribution in [3.63, 3.8) is 0 Å². The number of hydrogen-bond acceptors (Lipinski definition) is 4. The average Bonchev–Trinajstić information content (AvgIpc) is 3.24. The van der Waals surface area contributed by atoms with Gasteiger partial charge in [0.2, 0.25) is 0 Å². The van der Waals surface area contributed by atoms with Crippen LogP contribution in [0.2, 0.25) is 0 Å². The molecular formula is C20H26N4O2. The fraction of sp³-hybridized carbons (Fsp3) is 0.400. The number of nitrogens with one attached hydrogen (secondary N) is 1. The number of rotatable bonds is 6. The van der Waals surface area contributed by atoms with E-state index in [9.17, 15) is 4.79 Å². The number of nitrogens with zero attached hydrogens (tertiary/aromatic N) is 3. The second kappa shape index (κ2) is 8.29. The van der Waals surface area contributed by atoms with Crippen molar-refractivity contribution in [1.29, 1.82) is 0 Å². The van der Waals surface area contributed by atoms with Crippen molar-refractivity contribution in [2.75, 3.05) is 13.1 Å². The first kappa shape index (κ1) is 18.4. The molecule has 0 bridgehead atoms. The van der Waals surface area contributed by atoms with Crippen LogP contribution in [-0.4, -0.2) is 38.9 Å². The van der Waals surface area contributed by atoms with Gasteiger partial charge in [-0.15, -0.1) is 0 Å². The van der Waals surface area contributed by atoms with Gasteiger partial charge in [-0.25, -0.2) is 5.48 Å². The van der Waals surface area contributed by atoms with Gasteiger partial charge in [-0.1, -0.05) is 24.3 Å². The lowest BCUT2D eigenvalue weighted by Gasteiger charge is -2.25. The Morgan fingerprint density at radius 3 is 2.73 bits per heavy atom. The van der Waals surface area contributed by atoms with Gasteiger partial charge < -0.3 is 0 Å². The summed E-state index contributed by atoms with van der Waals surface area (Å²) in [7, 11) is 0. The number of benzene rings is 1. The van der Waals surface area contributed by atoms with Gasteiger partial charge in [0, 0.05) is 24.4 Å². The van der Waals surface area contributed by atoms with E-state index in [1.165, 1.54) is 30.2 Å². The Balaban J connectivity index is 1.63. The zero-order valence-corrected chi connectivity index (χ0v) is 15.4. The molecule has 0 spiro atoms. The summed E-state index contributed by atoms with van der Waals surface area (Å²) in [6, 6.07) is 10.8. The molecule has 1 aliphatic heterocycles. The molecule has 1 unspecified atom stereocenters. The summed E-state index contributed by atoms with van der Waals surface area (Å²) in [5.74, 6) is -0.528. The van der Waals surface area contributed by atoms with E-state index in [1.54, 1.807) is 11.6 Å². The quantitative estimate of drug-likeness (QED) is 0.475. The topological polar surface area (TPSA) is 70.4 Å². The van der Waals surface area contributed by atoms with E-state index in [0.717, 1.165) is 30.9 Å². The molecule has 26 heavy (non-hydrogen) atoms. The van der Waals surface area contributed by atoms with Crippen LogP contribution in [-0.2, 0) is 11.3 Å². The van der Waals surface area contributed by atoms with Crippen molar-refractivity contribution in [2.24, 2.45) is 0 Å². The van der Waals surface area contributed by atoms with E-state index < -0.39 is 5.91 Å². The van der Waals surface area contributed by atoms with Gasteiger partial charge in [0.25, 0.3) is 5.91 Å². The molecule has 1 aromatic heterocycles. The molecular weight excluding hydrogens is 328 g/mol. The smallest absolute Gasteiger partial charge is 0.267 e. The molecule has 1 aromatic carbocycles. The normalized spacial score (nSPS) is 17.9. The van der Waals surface area contributed by atoms with Crippen LogP contribution in [0.3, 0.4) is 0 Å². The number of hydrogen-bond donors (Lipinski definition) is 2. The molecule has 1 aliphatic rings. The Bertz CT molecular complexity index is 780. The summed E-state index contributed by atoms with van der Waals surface area (Å²) in [4.78, 5) is 13.6. The lowest BCUT2D eigenvalue weighted by molar-refractivity contribution is -0.124. The number of hydroxylamine groups is 1. The molecule has 2 N–H and O–H groups in total. The van der Waals surface area contributed by atoms with Crippen molar-refractivity contribution >= 4 is 12.0 Å². The number of carbonyl (C=O) groups is 1. The maximum absolute atomic E-state index is 11.1. The fourth-order valence-corrected chi connectivity index (χ4v) is 3.63. The highest BCUT2D eigenvalue weighted by atomic mass is 16.5. The molecule has 138 valence electrons. The van der Waals surface area contributed by atoms with Crippen LogP contribution in [0.25, 0.3) is 6.08 Å². The molecule has 3 rings (SSSR count). The van der Waals surface area contributed by atoms with Gasteiger partial charge >= 0.3 is 0 Å². The van der Waals surface area contributed by atoms with Crippen molar-refractivity contribution in [3.05, 3.63) is 58.9 Å². The van der Waals surface area contributed by atoms with Crippen LogP contribution in [0.5, 0.6) is 0 Å². The number of aromatic nitrogens is 2. The van der Waals surface area contributed by atoms with E-state index in [-0.39, 0.29) is 0 Å². The van der Waals surface area contributed by atoms with Gasteiger partial charge in [-0.05, 0) is 56.5 Å². The van der Waals surface area contributed by atoms with Crippen molar-refractivity contribution in [2.45, 2.75) is 39.3 Å². The van der Waals surface area contributed by atoms with Crippen LogP contribution in [0.15, 0.2) is 36.4 Å². The standard InChI is InChI=1S/C20H26N4O2/c1-15-14-16(2)24(21-15)13-12-23-11-3-4-19(23)18-8-5-17(6-9-18)7-10-20(25)22-26/h5-10,14,19,26H,3-4,11-13H2,1-2H3,(H,22,25). The maximum Gasteiger partial charge on any atom is 0.267 e. The molecule has 1 atom stereocenters. The van der Waals surface area contributed by atoms with Gasteiger partial charge in [-0.3, -0.25) is 19.6 Å². The molecule has 2 heterocycles. The zero-order chi connectivity index (χ0) is 18.5. The Morgan fingerprint density at radius 2 is 2.08 bits per heavy atom. The summed E-state index contributed by atoms with van der Waals surface area (Å²) in [5.41, 5.74) is 6.11. The SMILES string of the molecule is Cc1cc(C)n(CCN2CCCC2c2ccc(C=CC(=O)NO)cc2)n1. The molecule has 1 saturated heterocycles. The summed E-state index contributed by atoms with van der Waals surface area (Å²) in [6.45, 7) is 7.15. The van der Waals surface area contributed by atoms with Crippen LogP contribution in [0, 0.1) is 13.8 Å². The first-order valence-electron chi connectivity index (χ1n) is 9.04. The van der Waals surface area contributed by atoms with Crippen molar-refractivity contribution < 1.29 is 10.0 Å². The summed E-state index contributed by atoms with van der Waals surface area (Å²) >= 11 is 0. The highest BCUT2D eigenvalue weighted by Gasteiger charge is 2.25. The van der Waals surface area contributed by atoms with Gasteiger partial charge in [0.05, 0.1) is 12.2 Å². The second-order valence-electron chi connectivity index (χ2n) is 6.82. The summed E-state index contributed by atoms with van der Waals surface area (Å²) in [6.07, 6.45) is 5.37. The Hall–Kier alpha value is -2.44. The van der Waals surface area contributed by atoms with Crippen LogP contribution in [0.4, 0.5) is 0 Å². The third-order valence-corrected chi connectivity index (χ3v) is 4.92. The minimum atomic E-state index is -0.528. The largest absolute Gasteiger partial charge is 0.294 e. The second-order valence-corrected chi connectivity index (χ2v) is 6.82. The fourth-order valence-electron chi connectivity index (χ4n) is 3.63. The van der Waals surface area contributed by atoms with Crippen LogP contribution >= 0.6 is 0 Å². The van der Waals surface area contributed by atoms with E-state index in [4.69, 9.17) is 5.21 Å². The third kappa shape index (κ3) is 4.39. The van der Waals surface area contributed by atoms with E-state index in [1.807, 2.05) is 19.1 Å². The minimum absolute atomic E-state index is 0.436. The van der Waals surface area contributed by atoms with Gasteiger partial charge in [-0.2, -0.15) is 5.10 Å². The molecule has 1 amide bonds. The van der Waals surface area contributed by atoms with Gasteiger partial charge in [0.1, 0.15) is 0 Å². The summed E-state index contributed by atoms with van der Waals surface area (Å²) < 4.78 is 2.09. The van der Waals surface area contributed by atoms with Gasteiger partial charge in [0.15, 0.2) is 0 Å². The number of aryl methyl sites for hydroxylation is 2. The van der Waals surface area contributed by atoms with Crippen molar-refractivity contribution in [1.82, 2.24) is 20.2 Å². The van der Waals surface area contributed by atoms with E-state index >= 15 is 0 Å². The molecule has 6 heteroatoms. The molecule has 0 saturated carbocycles. The number of carbonyl (C=O) groups excluding carboxylic acids is 1. The Morgan fingerprint density at radius 1 is 1.31 bits per heavy atom. The Labute approximate surface area is 154 Å². The number of likely N-dealkylation sites (tertiary alicyclic amines) is 1. The number of amides is 1. The lowest BCUT2D eigenvalue weighted by atomic mass is 10.0. The molecule has 2 aromatic rings. The molecule has 0 radical (unpaired) electrons. The maximum atomic E-state index is 11.1. The monoisotopic (exact) mass is 354 g/mol. The minimum Gasteiger partial charge on any atom is -0.294 e. The van der Waals surface area contributed by atoms with E-state index in [0.29, 0.717) is 6.04 Å². The molecule has 0 aliphatic carbocycles. The Kier molecular flexibility index (Phi) is 5.85.